The van der Waals surface area contributed by atoms with E-state index in [2.05, 4.69) is 25.8 Å². The number of amides is 2. The van der Waals surface area contributed by atoms with Crippen LogP contribution in [0.1, 0.15) is 35.9 Å². The third-order valence-corrected chi connectivity index (χ3v) is 5.52. The third-order valence-electron chi connectivity index (χ3n) is 4.76. The van der Waals surface area contributed by atoms with Crippen LogP contribution in [-0.2, 0) is 4.79 Å². The second-order valence-corrected chi connectivity index (χ2v) is 7.84. The smallest absolute Gasteiger partial charge is 0.278 e. The van der Waals surface area contributed by atoms with Crippen molar-refractivity contribution in [1.82, 2.24) is 20.5 Å². The van der Waals surface area contributed by atoms with Crippen molar-refractivity contribution < 1.29 is 9.59 Å². The highest BCUT2D eigenvalue weighted by Gasteiger charge is 2.16. The number of rotatable bonds is 5. The minimum atomic E-state index is -0.451. The molecule has 3 N–H and O–H groups in total. The summed E-state index contributed by atoms with van der Waals surface area (Å²) in [4.78, 5) is 40.3. The Balaban J connectivity index is 1.52. The number of benzene rings is 2. The molecule has 31 heavy (non-hydrogen) atoms. The standard InChI is InChI=1S/C22H19N5O3S/c1-12(23-13(2)28)14-7-9-15(10-8-14)18-11-31-22(24-18)25-21(30)19-16-5-3-4-6-17(16)20(29)27-26-19/h3-12H,1-2H3,(H,23,28)(H,27,29)(H,24,25,30). The topological polar surface area (TPSA) is 117 Å². The fourth-order valence-corrected chi connectivity index (χ4v) is 3.95. The van der Waals surface area contributed by atoms with Crippen molar-refractivity contribution in [2.24, 2.45) is 0 Å². The molecule has 0 saturated carbocycles. The van der Waals surface area contributed by atoms with Crippen LogP contribution in [0.2, 0.25) is 0 Å². The van der Waals surface area contributed by atoms with Gasteiger partial charge in [-0.15, -0.1) is 11.3 Å². The molecule has 8 nitrogen and oxygen atoms in total. The van der Waals surface area contributed by atoms with Crippen LogP contribution in [0.15, 0.2) is 58.7 Å². The van der Waals surface area contributed by atoms with Gasteiger partial charge in [0.25, 0.3) is 11.5 Å². The van der Waals surface area contributed by atoms with E-state index in [0.29, 0.717) is 15.9 Å². The molecule has 2 amide bonds. The Morgan fingerprint density at radius 1 is 1.06 bits per heavy atom. The number of fused-ring (bicyclic) bond motifs is 1. The molecule has 0 aliphatic heterocycles. The fraction of sp³-hybridized carbons (Fsp3) is 0.136. The number of anilines is 1. The molecule has 0 radical (unpaired) electrons. The molecule has 2 aromatic carbocycles. The first-order valence-corrected chi connectivity index (χ1v) is 10.4. The van der Waals surface area contributed by atoms with E-state index in [1.807, 2.05) is 36.6 Å². The van der Waals surface area contributed by atoms with Crippen LogP contribution in [-0.4, -0.2) is 27.0 Å². The number of H-pyrrole nitrogens is 1. The SMILES string of the molecule is CC(=O)NC(C)c1ccc(-c2csc(NC(=O)c3n[nH]c(=O)c4ccccc34)n2)cc1. The van der Waals surface area contributed by atoms with Crippen molar-refractivity contribution >= 4 is 39.1 Å². The summed E-state index contributed by atoms with van der Waals surface area (Å²) in [7, 11) is 0. The normalized spacial score (nSPS) is 11.8. The molecule has 0 aliphatic rings. The second kappa shape index (κ2) is 8.49. The molecule has 0 spiro atoms. The Morgan fingerprint density at radius 2 is 1.77 bits per heavy atom. The lowest BCUT2D eigenvalue weighted by molar-refractivity contribution is -0.119. The first-order chi connectivity index (χ1) is 14.9. The van der Waals surface area contributed by atoms with Crippen molar-refractivity contribution in [1.29, 1.82) is 0 Å². The lowest BCUT2D eigenvalue weighted by atomic mass is 10.1. The number of nitrogens with zero attached hydrogens (tertiary/aromatic N) is 2. The first-order valence-electron chi connectivity index (χ1n) is 9.54. The molecule has 1 unspecified atom stereocenters. The van der Waals surface area contributed by atoms with E-state index in [1.54, 1.807) is 24.3 Å². The summed E-state index contributed by atoms with van der Waals surface area (Å²) in [6.45, 7) is 3.41. The maximum atomic E-state index is 12.7. The van der Waals surface area contributed by atoms with Crippen molar-refractivity contribution in [2.45, 2.75) is 19.9 Å². The predicted molar refractivity (Wildman–Crippen MR) is 120 cm³/mol. The molecule has 0 bridgehead atoms. The molecule has 0 aliphatic carbocycles. The van der Waals surface area contributed by atoms with Crippen LogP contribution < -0.4 is 16.2 Å². The minimum absolute atomic E-state index is 0.0822. The van der Waals surface area contributed by atoms with Gasteiger partial charge in [-0.1, -0.05) is 42.5 Å². The summed E-state index contributed by atoms with van der Waals surface area (Å²) in [5.41, 5.74) is 2.38. The third kappa shape index (κ3) is 4.36. The van der Waals surface area contributed by atoms with Crippen LogP contribution in [0.25, 0.3) is 22.0 Å². The monoisotopic (exact) mass is 433 g/mol. The number of hydrogen-bond donors (Lipinski definition) is 3. The lowest BCUT2D eigenvalue weighted by Gasteiger charge is -2.13. The van der Waals surface area contributed by atoms with E-state index in [9.17, 15) is 14.4 Å². The van der Waals surface area contributed by atoms with Gasteiger partial charge in [-0.3, -0.25) is 19.7 Å². The van der Waals surface area contributed by atoms with E-state index in [-0.39, 0.29) is 23.2 Å². The van der Waals surface area contributed by atoms with Gasteiger partial charge in [-0.05, 0) is 18.6 Å². The molecular formula is C22H19N5O3S. The molecule has 2 aromatic heterocycles. The number of carbonyl (C=O) groups is 2. The van der Waals surface area contributed by atoms with Crippen LogP contribution in [0.5, 0.6) is 0 Å². The van der Waals surface area contributed by atoms with Gasteiger partial charge < -0.3 is 5.32 Å². The van der Waals surface area contributed by atoms with Crippen LogP contribution in [0.3, 0.4) is 0 Å². The largest absolute Gasteiger partial charge is 0.350 e. The number of nitrogens with one attached hydrogen (secondary N) is 3. The first kappa shape index (κ1) is 20.4. The highest BCUT2D eigenvalue weighted by atomic mass is 32.1. The van der Waals surface area contributed by atoms with E-state index in [1.165, 1.54) is 18.3 Å². The van der Waals surface area contributed by atoms with E-state index >= 15 is 0 Å². The number of thiazole rings is 1. The summed E-state index contributed by atoms with van der Waals surface area (Å²) in [5, 5.41) is 15.0. The second-order valence-electron chi connectivity index (χ2n) is 6.98. The molecule has 156 valence electrons. The number of carbonyl (C=O) groups excluding carboxylic acids is 2. The highest BCUT2D eigenvalue weighted by molar-refractivity contribution is 7.14. The zero-order valence-electron chi connectivity index (χ0n) is 16.8. The average Bonchev–Trinajstić information content (AvgIpc) is 3.22. The van der Waals surface area contributed by atoms with Crippen molar-refractivity contribution in [3.8, 4) is 11.3 Å². The zero-order valence-corrected chi connectivity index (χ0v) is 17.6. The highest BCUT2D eigenvalue weighted by Crippen LogP contribution is 2.27. The lowest BCUT2D eigenvalue weighted by Crippen LogP contribution is -2.23. The van der Waals surface area contributed by atoms with Crippen molar-refractivity contribution in [3.63, 3.8) is 0 Å². The number of aromatic amines is 1. The molecule has 0 saturated heterocycles. The summed E-state index contributed by atoms with van der Waals surface area (Å²) < 4.78 is 0. The van der Waals surface area contributed by atoms with Gasteiger partial charge in [0.05, 0.1) is 17.1 Å². The molecular weight excluding hydrogens is 414 g/mol. The fourth-order valence-electron chi connectivity index (χ4n) is 3.24. The summed E-state index contributed by atoms with van der Waals surface area (Å²) >= 11 is 1.30. The Bertz CT molecular complexity index is 1330. The molecule has 9 heteroatoms. The predicted octanol–water partition coefficient (Wildman–Crippen LogP) is 3.50. The van der Waals surface area contributed by atoms with Gasteiger partial charge in [0.15, 0.2) is 10.8 Å². The maximum Gasteiger partial charge on any atom is 0.278 e. The van der Waals surface area contributed by atoms with Crippen molar-refractivity contribution in [3.05, 3.63) is 75.5 Å². The van der Waals surface area contributed by atoms with E-state index < -0.39 is 5.91 Å². The minimum Gasteiger partial charge on any atom is -0.350 e. The number of aromatic nitrogens is 3. The van der Waals surface area contributed by atoms with Gasteiger partial charge in [0.2, 0.25) is 5.91 Å². The van der Waals surface area contributed by atoms with Crippen LogP contribution >= 0.6 is 11.3 Å². The quantitative estimate of drug-likeness (QED) is 0.445. The molecule has 4 rings (SSSR count). The van der Waals surface area contributed by atoms with Gasteiger partial charge >= 0.3 is 0 Å². The van der Waals surface area contributed by atoms with E-state index in [0.717, 1.165) is 16.8 Å². The average molecular weight is 433 g/mol. The van der Waals surface area contributed by atoms with Crippen LogP contribution in [0, 0.1) is 0 Å². The van der Waals surface area contributed by atoms with Gasteiger partial charge in [0.1, 0.15) is 0 Å². The molecule has 2 heterocycles. The summed E-state index contributed by atoms with van der Waals surface area (Å²) in [6, 6.07) is 14.4. The Hall–Kier alpha value is -3.85. The van der Waals surface area contributed by atoms with E-state index in [4.69, 9.17) is 0 Å². The molecule has 4 aromatic rings. The van der Waals surface area contributed by atoms with Crippen molar-refractivity contribution in [2.75, 3.05) is 5.32 Å². The molecule has 0 fully saturated rings. The molecule has 1 atom stereocenters. The maximum absolute atomic E-state index is 12.7. The van der Waals surface area contributed by atoms with Crippen LogP contribution in [0.4, 0.5) is 5.13 Å². The summed E-state index contributed by atoms with van der Waals surface area (Å²) in [5.74, 6) is -0.533. The Labute approximate surface area is 181 Å². The summed E-state index contributed by atoms with van der Waals surface area (Å²) in [6.07, 6.45) is 0. The van der Waals surface area contributed by atoms with Gasteiger partial charge in [-0.2, -0.15) is 5.10 Å². The van der Waals surface area contributed by atoms with Gasteiger partial charge in [0, 0.05) is 23.3 Å². The van der Waals surface area contributed by atoms with Gasteiger partial charge in [-0.25, -0.2) is 10.1 Å². The Morgan fingerprint density at radius 3 is 2.48 bits per heavy atom. The zero-order chi connectivity index (χ0) is 22.0. The number of hydrogen-bond acceptors (Lipinski definition) is 6. The Kier molecular flexibility index (Phi) is 5.59.